The molecular formula is C8H12F3NO2. The molecular weight excluding hydrogens is 199 g/mol. The third kappa shape index (κ3) is 2.95. The fourth-order valence-electron chi connectivity index (χ4n) is 1.30. The predicted octanol–water partition coefficient (Wildman–Crippen LogP) is 1.02. The van der Waals surface area contributed by atoms with E-state index in [-0.39, 0.29) is 6.61 Å². The standard InChI is InChI=1S/C8H12F3NO2/c9-8(10,11)2-1-6(13)7(12)3-4-14-5-7/h1-5,12H2. The summed E-state index contributed by atoms with van der Waals surface area (Å²) in [6.07, 6.45) is -5.65. The summed E-state index contributed by atoms with van der Waals surface area (Å²) in [6.45, 7) is 0.373. The van der Waals surface area contributed by atoms with Gasteiger partial charge in [-0.15, -0.1) is 0 Å². The molecule has 0 aromatic rings. The highest BCUT2D eigenvalue weighted by Gasteiger charge is 2.39. The van der Waals surface area contributed by atoms with Gasteiger partial charge in [-0.3, -0.25) is 4.79 Å². The molecule has 0 aromatic heterocycles. The Balaban J connectivity index is 2.42. The van der Waals surface area contributed by atoms with E-state index < -0.39 is 30.3 Å². The fraction of sp³-hybridized carbons (Fsp3) is 0.875. The van der Waals surface area contributed by atoms with Crippen LogP contribution in [-0.2, 0) is 9.53 Å². The average molecular weight is 211 g/mol. The van der Waals surface area contributed by atoms with Crippen LogP contribution in [0.15, 0.2) is 0 Å². The Bertz CT molecular complexity index is 221. The SMILES string of the molecule is NC1(C(=O)CCC(F)(F)F)CCOC1. The van der Waals surface area contributed by atoms with E-state index in [1.165, 1.54) is 0 Å². The lowest BCUT2D eigenvalue weighted by Gasteiger charge is -2.20. The number of Topliss-reactive ketones (excluding diaryl/α,β-unsaturated/α-hetero) is 1. The van der Waals surface area contributed by atoms with Crippen molar-refractivity contribution in [3.8, 4) is 0 Å². The number of ether oxygens (including phenoxy) is 1. The molecule has 1 unspecified atom stereocenters. The van der Waals surface area contributed by atoms with E-state index in [1.54, 1.807) is 0 Å². The van der Waals surface area contributed by atoms with E-state index in [0.29, 0.717) is 13.0 Å². The maximum absolute atomic E-state index is 11.8. The molecule has 0 spiro atoms. The van der Waals surface area contributed by atoms with Crippen molar-refractivity contribution >= 4 is 5.78 Å². The Hall–Kier alpha value is -0.620. The second-order valence-electron chi connectivity index (χ2n) is 3.50. The summed E-state index contributed by atoms with van der Waals surface area (Å²) >= 11 is 0. The minimum atomic E-state index is -4.30. The van der Waals surface area contributed by atoms with E-state index >= 15 is 0 Å². The second-order valence-corrected chi connectivity index (χ2v) is 3.50. The van der Waals surface area contributed by atoms with Gasteiger partial charge >= 0.3 is 6.18 Å². The van der Waals surface area contributed by atoms with Gasteiger partial charge in [-0.25, -0.2) is 0 Å². The molecule has 82 valence electrons. The third-order valence-electron chi connectivity index (χ3n) is 2.24. The van der Waals surface area contributed by atoms with Gasteiger partial charge in [-0.1, -0.05) is 0 Å². The first-order chi connectivity index (χ1) is 6.33. The fourth-order valence-corrected chi connectivity index (χ4v) is 1.30. The minimum Gasteiger partial charge on any atom is -0.379 e. The maximum Gasteiger partial charge on any atom is 0.389 e. The monoisotopic (exact) mass is 211 g/mol. The molecule has 0 aromatic carbocycles. The molecule has 0 saturated carbocycles. The van der Waals surface area contributed by atoms with Gasteiger partial charge < -0.3 is 10.5 Å². The highest BCUT2D eigenvalue weighted by molar-refractivity contribution is 5.88. The molecule has 1 atom stereocenters. The number of halogens is 3. The van der Waals surface area contributed by atoms with Crippen LogP contribution in [0.2, 0.25) is 0 Å². The van der Waals surface area contributed by atoms with E-state index in [4.69, 9.17) is 10.5 Å². The van der Waals surface area contributed by atoms with Crippen LogP contribution >= 0.6 is 0 Å². The molecule has 0 radical (unpaired) electrons. The molecule has 1 saturated heterocycles. The Morgan fingerprint density at radius 3 is 2.57 bits per heavy atom. The van der Waals surface area contributed by atoms with Crippen LogP contribution in [0.5, 0.6) is 0 Å². The number of hydrogen-bond donors (Lipinski definition) is 1. The van der Waals surface area contributed by atoms with Crippen molar-refractivity contribution < 1.29 is 22.7 Å². The topological polar surface area (TPSA) is 52.3 Å². The zero-order valence-electron chi connectivity index (χ0n) is 7.56. The molecule has 0 bridgehead atoms. The molecule has 2 N–H and O–H groups in total. The van der Waals surface area contributed by atoms with E-state index in [1.807, 2.05) is 0 Å². The van der Waals surface area contributed by atoms with Crippen molar-refractivity contribution in [1.29, 1.82) is 0 Å². The molecule has 1 aliphatic rings. The van der Waals surface area contributed by atoms with Crippen molar-refractivity contribution in [3.05, 3.63) is 0 Å². The lowest BCUT2D eigenvalue weighted by molar-refractivity contribution is -0.145. The van der Waals surface area contributed by atoms with Gasteiger partial charge in [-0.2, -0.15) is 13.2 Å². The van der Waals surface area contributed by atoms with Crippen molar-refractivity contribution in [2.45, 2.75) is 31.0 Å². The number of carbonyl (C=O) groups excluding carboxylic acids is 1. The summed E-state index contributed by atoms with van der Waals surface area (Å²) in [5, 5.41) is 0. The van der Waals surface area contributed by atoms with Gasteiger partial charge in [0.1, 0.15) is 5.54 Å². The van der Waals surface area contributed by atoms with Gasteiger partial charge in [0, 0.05) is 13.0 Å². The zero-order chi connectivity index (χ0) is 10.8. The van der Waals surface area contributed by atoms with Gasteiger partial charge in [0.15, 0.2) is 5.78 Å². The quantitative estimate of drug-likeness (QED) is 0.758. The molecule has 0 amide bonds. The first-order valence-corrected chi connectivity index (χ1v) is 4.30. The van der Waals surface area contributed by atoms with Crippen molar-refractivity contribution in [1.82, 2.24) is 0 Å². The molecule has 1 aliphatic heterocycles. The highest BCUT2D eigenvalue weighted by atomic mass is 19.4. The summed E-state index contributed by atoms with van der Waals surface area (Å²) in [5.41, 5.74) is 4.40. The van der Waals surface area contributed by atoms with Gasteiger partial charge in [0.25, 0.3) is 0 Å². The Morgan fingerprint density at radius 1 is 1.50 bits per heavy atom. The summed E-state index contributed by atoms with van der Waals surface area (Å²) in [6, 6.07) is 0. The molecule has 1 heterocycles. The first-order valence-electron chi connectivity index (χ1n) is 4.30. The number of carbonyl (C=O) groups is 1. The van der Waals surface area contributed by atoms with Crippen LogP contribution < -0.4 is 5.73 Å². The van der Waals surface area contributed by atoms with Crippen molar-refractivity contribution in [2.24, 2.45) is 5.73 Å². The zero-order valence-corrected chi connectivity index (χ0v) is 7.56. The van der Waals surface area contributed by atoms with E-state index in [2.05, 4.69) is 0 Å². The number of hydrogen-bond acceptors (Lipinski definition) is 3. The van der Waals surface area contributed by atoms with Crippen LogP contribution in [0, 0.1) is 0 Å². The predicted molar refractivity (Wildman–Crippen MR) is 42.7 cm³/mol. The summed E-state index contributed by atoms with van der Waals surface area (Å²) in [4.78, 5) is 11.3. The van der Waals surface area contributed by atoms with Crippen LogP contribution in [0.3, 0.4) is 0 Å². The second kappa shape index (κ2) is 3.86. The first kappa shape index (κ1) is 11.5. The number of nitrogens with two attached hydrogens (primary N) is 1. The van der Waals surface area contributed by atoms with Gasteiger partial charge in [-0.05, 0) is 6.42 Å². The molecule has 14 heavy (non-hydrogen) atoms. The third-order valence-corrected chi connectivity index (χ3v) is 2.24. The van der Waals surface area contributed by atoms with Gasteiger partial charge in [0.2, 0.25) is 0 Å². The molecule has 6 heteroatoms. The van der Waals surface area contributed by atoms with Crippen LogP contribution in [0.1, 0.15) is 19.3 Å². The molecule has 3 nitrogen and oxygen atoms in total. The Labute approximate surface area is 79.4 Å². The molecule has 1 fully saturated rings. The highest BCUT2D eigenvalue weighted by Crippen LogP contribution is 2.25. The van der Waals surface area contributed by atoms with Crippen LogP contribution in [0.4, 0.5) is 13.2 Å². The summed E-state index contributed by atoms with van der Waals surface area (Å²) < 4.78 is 40.3. The van der Waals surface area contributed by atoms with Crippen molar-refractivity contribution in [3.63, 3.8) is 0 Å². The lowest BCUT2D eigenvalue weighted by atomic mass is 9.91. The molecule has 1 rings (SSSR count). The average Bonchev–Trinajstić information content (AvgIpc) is 2.48. The largest absolute Gasteiger partial charge is 0.389 e. The maximum atomic E-state index is 11.8. The summed E-state index contributed by atoms with van der Waals surface area (Å²) in [7, 11) is 0. The summed E-state index contributed by atoms with van der Waals surface area (Å²) in [5.74, 6) is -0.563. The van der Waals surface area contributed by atoms with Crippen molar-refractivity contribution in [2.75, 3.05) is 13.2 Å². The molecule has 0 aliphatic carbocycles. The van der Waals surface area contributed by atoms with Crippen LogP contribution in [0.25, 0.3) is 0 Å². The van der Waals surface area contributed by atoms with Crippen LogP contribution in [-0.4, -0.2) is 30.7 Å². The smallest absolute Gasteiger partial charge is 0.379 e. The minimum absolute atomic E-state index is 0.0314. The normalized spacial score (nSPS) is 28.0. The number of rotatable bonds is 3. The van der Waals surface area contributed by atoms with E-state index in [9.17, 15) is 18.0 Å². The Morgan fingerprint density at radius 2 is 2.14 bits per heavy atom. The van der Waals surface area contributed by atoms with Gasteiger partial charge in [0.05, 0.1) is 13.0 Å². The Kier molecular flexibility index (Phi) is 3.16. The lowest BCUT2D eigenvalue weighted by Crippen LogP contribution is -2.48. The number of ketones is 1. The number of alkyl halides is 3. The van der Waals surface area contributed by atoms with E-state index in [0.717, 1.165) is 0 Å².